The Hall–Kier alpha value is -1.06. The van der Waals surface area contributed by atoms with E-state index >= 15 is 0 Å². The maximum absolute atomic E-state index is 12.6. The van der Waals surface area contributed by atoms with Crippen LogP contribution in [0.25, 0.3) is 0 Å². The normalized spacial score (nSPS) is 19.0. The number of carbonyl (C=O) groups excluding carboxylic acids is 2. The molecule has 0 saturated heterocycles. The molecule has 0 fully saturated rings. The van der Waals surface area contributed by atoms with E-state index in [1.54, 1.807) is 0 Å². The first-order valence-corrected chi connectivity index (χ1v) is 8.10. The zero-order valence-corrected chi connectivity index (χ0v) is 15.9. The molecule has 0 aromatic rings. The number of ether oxygens (including phenoxy) is 2. The van der Waals surface area contributed by atoms with Gasteiger partial charge in [0, 0.05) is 12.8 Å². The highest BCUT2D eigenvalue weighted by Gasteiger charge is 2.53. The Balaban J connectivity index is 5.80. The summed E-state index contributed by atoms with van der Waals surface area (Å²) in [6.07, 6.45) is 0. The van der Waals surface area contributed by atoms with Gasteiger partial charge >= 0.3 is 11.9 Å². The summed E-state index contributed by atoms with van der Waals surface area (Å²) >= 11 is 0. The minimum atomic E-state index is -0.750. The van der Waals surface area contributed by atoms with Gasteiger partial charge in [-0.1, -0.05) is 34.6 Å². The van der Waals surface area contributed by atoms with Gasteiger partial charge in [0.25, 0.3) is 0 Å². The first-order valence-electron chi connectivity index (χ1n) is 8.10. The molecule has 0 bridgehead atoms. The molecule has 0 heterocycles. The largest absolute Gasteiger partial charge is 0.469 e. The van der Waals surface area contributed by atoms with Crippen LogP contribution in [0.15, 0.2) is 0 Å². The maximum atomic E-state index is 12.6. The Bertz CT molecular complexity index is 400. The van der Waals surface area contributed by atoms with Gasteiger partial charge in [-0.05, 0) is 38.5 Å². The monoisotopic (exact) mass is 314 g/mol. The minimum absolute atomic E-state index is 0.0878. The summed E-state index contributed by atoms with van der Waals surface area (Å²) in [5, 5.41) is 0. The molecular weight excluding hydrogens is 280 g/mol. The second-order valence-corrected chi connectivity index (χ2v) is 7.58. The highest BCUT2D eigenvalue weighted by molar-refractivity contribution is 5.77. The van der Waals surface area contributed by atoms with Crippen LogP contribution in [0.1, 0.15) is 62.3 Å². The zero-order chi connectivity index (χ0) is 17.9. The Morgan fingerprint density at radius 2 is 1.41 bits per heavy atom. The topological polar surface area (TPSA) is 52.6 Å². The first-order chi connectivity index (χ1) is 9.82. The summed E-state index contributed by atoms with van der Waals surface area (Å²) in [5.41, 5.74) is -1.49. The molecule has 0 aliphatic carbocycles. The number of carbonyl (C=O) groups is 2. The zero-order valence-electron chi connectivity index (χ0n) is 15.9. The van der Waals surface area contributed by atoms with Crippen molar-refractivity contribution in [2.75, 3.05) is 7.11 Å². The molecule has 0 saturated carbocycles. The average Bonchev–Trinajstić information content (AvgIpc) is 2.41. The van der Waals surface area contributed by atoms with Crippen molar-refractivity contribution in [3.63, 3.8) is 0 Å². The molecule has 0 aromatic carbocycles. The third-order valence-corrected chi connectivity index (χ3v) is 5.76. The predicted octanol–water partition coefficient (Wildman–Crippen LogP) is 4.07. The van der Waals surface area contributed by atoms with Crippen LogP contribution < -0.4 is 0 Å². The molecule has 0 aromatic heterocycles. The van der Waals surface area contributed by atoms with Crippen LogP contribution in [-0.4, -0.2) is 24.6 Å². The fourth-order valence-corrected chi connectivity index (χ4v) is 3.28. The van der Waals surface area contributed by atoms with E-state index in [0.717, 1.165) is 0 Å². The van der Waals surface area contributed by atoms with Gasteiger partial charge < -0.3 is 9.47 Å². The van der Waals surface area contributed by atoms with Crippen LogP contribution in [0, 0.1) is 29.1 Å². The highest BCUT2D eigenvalue weighted by atomic mass is 16.6. The third kappa shape index (κ3) is 4.23. The fourth-order valence-electron chi connectivity index (χ4n) is 3.28. The van der Waals surface area contributed by atoms with Crippen molar-refractivity contribution in [3.8, 4) is 0 Å². The maximum Gasteiger partial charge on any atom is 0.312 e. The van der Waals surface area contributed by atoms with Crippen LogP contribution >= 0.6 is 0 Å². The summed E-state index contributed by atoms with van der Waals surface area (Å²) in [6, 6.07) is 0. The van der Waals surface area contributed by atoms with E-state index in [0.29, 0.717) is 11.8 Å². The molecule has 4 unspecified atom stereocenters. The van der Waals surface area contributed by atoms with Crippen molar-refractivity contribution in [2.45, 2.75) is 67.9 Å². The molecule has 0 N–H and O–H groups in total. The number of hydrogen-bond acceptors (Lipinski definition) is 4. The summed E-state index contributed by atoms with van der Waals surface area (Å²) in [6.45, 7) is 17.5. The summed E-state index contributed by atoms with van der Waals surface area (Å²) in [5.74, 6) is 0.0916. The minimum Gasteiger partial charge on any atom is -0.469 e. The number of methoxy groups -OCH3 is 1. The molecule has 0 spiro atoms. The van der Waals surface area contributed by atoms with E-state index in [4.69, 9.17) is 9.47 Å². The van der Waals surface area contributed by atoms with Crippen LogP contribution in [-0.2, 0) is 19.1 Å². The number of esters is 2. The molecule has 0 radical (unpaired) electrons. The molecule has 130 valence electrons. The van der Waals surface area contributed by atoms with Crippen molar-refractivity contribution in [2.24, 2.45) is 29.1 Å². The van der Waals surface area contributed by atoms with Gasteiger partial charge in [0.15, 0.2) is 0 Å². The third-order valence-electron chi connectivity index (χ3n) is 5.76. The van der Waals surface area contributed by atoms with Gasteiger partial charge in [0.05, 0.1) is 12.5 Å². The van der Waals surface area contributed by atoms with Gasteiger partial charge in [0.1, 0.15) is 5.60 Å². The van der Waals surface area contributed by atoms with Crippen LogP contribution in [0.4, 0.5) is 0 Å². The van der Waals surface area contributed by atoms with E-state index < -0.39 is 11.0 Å². The Kier molecular flexibility index (Phi) is 7.11. The number of rotatable bonds is 7. The predicted molar refractivity (Wildman–Crippen MR) is 88.3 cm³/mol. The van der Waals surface area contributed by atoms with Gasteiger partial charge in [0.2, 0.25) is 0 Å². The van der Waals surface area contributed by atoms with Crippen molar-refractivity contribution in [3.05, 3.63) is 0 Å². The summed E-state index contributed by atoms with van der Waals surface area (Å²) in [4.78, 5) is 24.0. The molecule has 4 heteroatoms. The average molecular weight is 314 g/mol. The second-order valence-electron chi connectivity index (χ2n) is 7.58. The molecule has 0 amide bonds. The highest BCUT2D eigenvalue weighted by Crippen LogP contribution is 2.47. The summed E-state index contributed by atoms with van der Waals surface area (Å²) < 4.78 is 10.6. The Morgan fingerprint density at radius 1 is 0.955 bits per heavy atom. The lowest BCUT2D eigenvalue weighted by atomic mass is 9.59. The van der Waals surface area contributed by atoms with E-state index in [2.05, 4.69) is 27.7 Å². The molecule has 0 aliphatic heterocycles. The summed E-state index contributed by atoms with van der Waals surface area (Å²) in [7, 11) is 1.42. The van der Waals surface area contributed by atoms with Crippen molar-refractivity contribution < 1.29 is 19.1 Å². The van der Waals surface area contributed by atoms with E-state index in [1.807, 2.05) is 27.7 Å². The molecule has 4 atom stereocenters. The quantitative estimate of drug-likeness (QED) is 0.665. The van der Waals surface area contributed by atoms with Gasteiger partial charge in [-0.15, -0.1) is 0 Å². The lowest BCUT2D eigenvalue weighted by molar-refractivity contribution is -0.181. The fraction of sp³-hybridized carbons (Fsp3) is 0.889. The van der Waals surface area contributed by atoms with Gasteiger partial charge in [-0.3, -0.25) is 9.59 Å². The van der Waals surface area contributed by atoms with Crippen LogP contribution in [0.5, 0.6) is 0 Å². The molecule has 22 heavy (non-hydrogen) atoms. The van der Waals surface area contributed by atoms with E-state index in [-0.39, 0.29) is 23.8 Å². The van der Waals surface area contributed by atoms with E-state index in [9.17, 15) is 9.59 Å². The Labute approximate surface area is 135 Å². The van der Waals surface area contributed by atoms with Crippen LogP contribution in [0.3, 0.4) is 0 Å². The van der Waals surface area contributed by atoms with Gasteiger partial charge in [-0.2, -0.15) is 0 Å². The first kappa shape index (κ1) is 20.9. The second kappa shape index (κ2) is 7.47. The van der Waals surface area contributed by atoms with Crippen molar-refractivity contribution in [1.82, 2.24) is 0 Å². The van der Waals surface area contributed by atoms with E-state index in [1.165, 1.54) is 14.0 Å². The van der Waals surface area contributed by atoms with Crippen molar-refractivity contribution >= 4 is 11.9 Å². The molecule has 0 rings (SSSR count). The molecule has 0 aliphatic rings. The molecular formula is C18H34O4. The smallest absolute Gasteiger partial charge is 0.312 e. The standard InChI is InChI=1S/C18H34O4/c1-11(2)12(3)13(4)18(9,16(20)21-10)14(5)17(7,8)22-15(6)19/h11-14H,1-10H3. The van der Waals surface area contributed by atoms with Crippen LogP contribution in [0.2, 0.25) is 0 Å². The SMILES string of the molecule is COC(=O)C(C)(C(C)C(C)C(C)C)C(C)C(C)(C)OC(C)=O. The lowest BCUT2D eigenvalue weighted by Crippen LogP contribution is -2.52. The lowest BCUT2D eigenvalue weighted by Gasteiger charge is -2.47. The molecule has 4 nitrogen and oxygen atoms in total. The van der Waals surface area contributed by atoms with Gasteiger partial charge in [-0.25, -0.2) is 0 Å². The Morgan fingerprint density at radius 3 is 1.73 bits per heavy atom. The van der Waals surface area contributed by atoms with Crippen molar-refractivity contribution in [1.29, 1.82) is 0 Å². The number of hydrogen-bond donors (Lipinski definition) is 0.